The van der Waals surface area contributed by atoms with Crippen LogP contribution in [-0.4, -0.2) is 17.0 Å². The Bertz CT molecular complexity index is 443. The fraction of sp³-hybridized carbons (Fsp3) is 0.385. The Balaban J connectivity index is 3.00. The van der Waals surface area contributed by atoms with Gasteiger partial charge >= 0.3 is 5.97 Å². The summed E-state index contributed by atoms with van der Waals surface area (Å²) >= 11 is 0. The Labute approximate surface area is 101 Å². The lowest BCUT2D eigenvalue weighted by molar-refractivity contribution is -0.151. The van der Waals surface area contributed by atoms with Gasteiger partial charge in [-0.3, -0.25) is 9.59 Å². The summed E-state index contributed by atoms with van der Waals surface area (Å²) in [7, 11) is 0. The van der Waals surface area contributed by atoms with Crippen molar-refractivity contribution >= 4 is 17.6 Å². The number of carboxylic acids is 1. The molecule has 1 aromatic rings. The Morgan fingerprint density at radius 2 is 1.65 bits per heavy atom. The third-order valence-electron chi connectivity index (χ3n) is 2.82. The third-order valence-corrected chi connectivity index (χ3v) is 2.82. The lowest BCUT2D eigenvalue weighted by Gasteiger charge is -2.20. The second kappa shape index (κ2) is 4.57. The lowest BCUT2D eigenvalue weighted by Crippen LogP contribution is -2.38. The number of rotatable bonds is 3. The first-order valence-corrected chi connectivity index (χ1v) is 5.38. The van der Waals surface area contributed by atoms with Gasteiger partial charge in [0.2, 0.25) is 5.91 Å². The van der Waals surface area contributed by atoms with Crippen molar-refractivity contribution in [3.8, 4) is 0 Å². The van der Waals surface area contributed by atoms with Crippen molar-refractivity contribution < 1.29 is 14.7 Å². The van der Waals surface area contributed by atoms with Crippen molar-refractivity contribution in [3.63, 3.8) is 0 Å². The monoisotopic (exact) mass is 235 g/mol. The minimum absolute atomic E-state index is 0.512. The topological polar surface area (TPSA) is 66.4 Å². The Kier molecular flexibility index (Phi) is 3.56. The van der Waals surface area contributed by atoms with Gasteiger partial charge in [-0.25, -0.2) is 0 Å². The van der Waals surface area contributed by atoms with Gasteiger partial charge in [-0.15, -0.1) is 0 Å². The predicted molar refractivity (Wildman–Crippen MR) is 66.0 cm³/mol. The first-order valence-electron chi connectivity index (χ1n) is 5.38. The van der Waals surface area contributed by atoms with Gasteiger partial charge < -0.3 is 10.4 Å². The number of para-hydroxylation sites is 1. The number of carbonyl (C=O) groups excluding carboxylic acids is 1. The van der Waals surface area contributed by atoms with Crippen molar-refractivity contribution in [2.75, 3.05) is 5.32 Å². The lowest BCUT2D eigenvalue weighted by atomic mass is 9.92. The fourth-order valence-corrected chi connectivity index (χ4v) is 1.38. The highest BCUT2D eigenvalue weighted by Crippen LogP contribution is 2.23. The maximum absolute atomic E-state index is 11.9. The van der Waals surface area contributed by atoms with Gasteiger partial charge in [-0.2, -0.15) is 0 Å². The normalized spacial score (nSPS) is 11.1. The third kappa shape index (κ3) is 2.64. The molecule has 0 unspecified atom stereocenters. The average Bonchev–Trinajstić information content (AvgIpc) is 2.23. The Hall–Kier alpha value is -1.84. The molecule has 0 spiro atoms. The predicted octanol–water partition coefficient (Wildman–Crippen LogP) is 2.35. The summed E-state index contributed by atoms with van der Waals surface area (Å²) in [6, 6.07) is 5.63. The number of carbonyl (C=O) groups is 2. The van der Waals surface area contributed by atoms with Crippen LogP contribution in [0.5, 0.6) is 0 Å². The second-order valence-electron chi connectivity index (χ2n) is 4.65. The highest BCUT2D eigenvalue weighted by Gasteiger charge is 2.36. The van der Waals surface area contributed by atoms with Crippen LogP contribution in [0.15, 0.2) is 18.2 Å². The van der Waals surface area contributed by atoms with Crippen molar-refractivity contribution in [3.05, 3.63) is 29.3 Å². The number of carboxylic acid groups (broad SMARTS) is 1. The van der Waals surface area contributed by atoms with Gasteiger partial charge in [-0.05, 0) is 38.8 Å². The highest BCUT2D eigenvalue weighted by atomic mass is 16.4. The number of benzene rings is 1. The average molecular weight is 235 g/mol. The quantitative estimate of drug-likeness (QED) is 0.790. The van der Waals surface area contributed by atoms with Crippen molar-refractivity contribution in [1.29, 1.82) is 0 Å². The zero-order chi connectivity index (χ0) is 13.2. The second-order valence-corrected chi connectivity index (χ2v) is 4.65. The molecule has 1 amide bonds. The largest absolute Gasteiger partial charge is 0.480 e. The van der Waals surface area contributed by atoms with Crippen molar-refractivity contribution in [2.45, 2.75) is 27.7 Å². The number of aliphatic carboxylic acids is 1. The van der Waals surface area contributed by atoms with Crippen LogP contribution in [0.25, 0.3) is 0 Å². The summed E-state index contributed by atoms with van der Waals surface area (Å²) in [6.45, 7) is 6.52. The summed E-state index contributed by atoms with van der Waals surface area (Å²) in [4.78, 5) is 22.8. The summed E-state index contributed by atoms with van der Waals surface area (Å²) in [6.07, 6.45) is 0. The molecule has 0 aromatic heterocycles. The molecule has 4 nitrogen and oxygen atoms in total. The first kappa shape index (κ1) is 13.2. The molecule has 0 aliphatic carbocycles. The molecule has 0 bridgehead atoms. The van der Waals surface area contributed by atoms with Crippen LogP contribution in [0.4, 0.5) is 5.69 Å². The first-order chi connectivity index (χ1) is 7.76. The SMILES string of the molecule is Cc1cccc(C)c1NC(=O)C(C)(C)C(=O)O. The Morgan fingerprint density at radius 3 is 2.06 bits per heavy atom. The summed E-state index contributed by atoms with van der Waals surface area (Å²) in [5.41, 5.74) is 1.08. The fourth-order valence-electron chi connectivity index (χ4n) is 1.38. The smallest absolute Gasteiger partial charge is 0.318 e. The van der Waals surface area contributed by atoms with E-state index in [1.54, 1.807) is 0 Å². The maximum Gasteiger partial charge on any atom is 0.318 e. The van der Waals surface area contributed by atoms with Gasteiger partial charge in [0.15, 0.2) is 0 Å². The molecule has 0 atom stereocenters. The van der Waals surface area contributed by atoms with Crippen LogP contribution < -0.4 is 5.32 Å². The zero-order valence-corrected chi connectivity index (χ0v) is 10.5. The van der Waals surface area contributed by atoms with Crippen LogP contribution in [0.3, 0.4) is 0 Å². The van der Waals surface area contributed by atoms with Gasteiger partial charge in [0, 0.05) is 5.69 Å². The van der Waals surface area contributed by atoms with Gasteiger partial charge in [0.05, 0.1) is 0 Å². The summed E-state index contributed by atoms with van der Waals surface area (Å²) < 4.78 is 0. The van der Waals surface area contributed by atoms with E-state index in [0.29, 0.717) is 5.69 Å². The minimum Gasteiger partial charge on any atom is -0.480 e. The van der Waals surface area contributed by atoms with Crippen LogP contribution in [-0.2, 0) is 9.59 Å². The molecule has 2 N–H and O–H groups in total. The molecule has 0 saturated heterocycles. The standard InChI is InChI=1S/C13H17NO3/c1-8-6-5-7-9(2)10(8)14-11(15)13(3,4)12(16)17/h5-7H,1-4H3,(H,14,15)(H,16,17). The molecule has 0 aliphatic rings. The summed E-state index contributed by atoms with van der Waals surface area (Å²) in [5.74, 6) is -1.65. The number of aryl methyl sites for hydroxylation is 2. The van der Waals surface area contributed by atoms with Gasteiger partial charge in [0.1, 0.15) is 5.41 Å². The van der Waals surface area contributed by atoms with E-state index < -0.39 is 17.3 Å². The maximum atomic E-state index is 11.9. The molecule has 92 valence electrons. The van der Waals surface area contributed by atoms with E-state index in [-0.39, 0.29) is 0 Å². The molecule has 0 saturated carbocycles. The van der Waals surface area contributed by atoms with E-state index >= 15 is 0 Å². The molecule has 0 fully saturated rings. The minimum atomic E-state index is -1.44. The highest BCUT2D eigenvalue weighted by molar-refractivity contribution is 6.08. The van der Waals surface area contributed by atoms with E-state index in [1.165, 1.54) is 13.8 Å². The number of nitrogens with one attached hydrogen (secondary N) is 1. The van der Waals surface area contributed by atoms with Crippen molar-refractivity contribution in [2.24, 2.45) is 5.41 Å². The van der Waals surface area contributed by atoms with Crippen LogP contribution in [0.2, 0.25) is 0 Å². The van der Waals surface area contributed by atoms with Gasteiger partial charge in [0.25, 0.3) is 0 Å². The number of amides is 1. The number of hydrogen-bond acceptors (Lipinski definition) is 2. The van der Waals surface area contributed by atoms with Gasteiger partial charge in [-0.1, -0.05) is 18.2 Å². The molecule has 0 radical (unpaired) electrons. The molecule has 1 aromatic carbocycles. The molecular weight excluding hydrogens is 218 g/mol. The van der Waals surface area contributed by atoms with E-state index in [9.17, 15) is 9.59 Å². The van der Waals surface area contributed by atoms with E-state index in [4.69, 9.17) is 5.11 Å². The number of anilines is 1. The molecular formula is C13H17NO3. The van der Waals surface area contributed by atoms with E-state index in [1.807, 2.05) is 32.0 Å². The Morgan fingerprint density at radius 1 is 1.18 bits per heavy atom. The molecule has 1 rings (SSSR count). The number of hydrogen-bond donors (Lipinski definition) is 2. The summed E-state index contributed by atoms with van der Waals surface area (Å²) in [5, 5.41) is 11.6. The van der Waals surface area contributed by atoms with Crippen LogP contribution >= 0.6 is 0 Å². The van der Waals surface area contributed by atoms with E-state index in [0.717, 1.165) is 11.1 Å². The van der Waals surface area contributed by atoms with Crippen LogP contribution in [0, 0.1) is 19.3 Å². The molecule has 0 aliphatic heterocycles. The van der Waals surface area contributed by atoms with Crippen LogP contribution in [0.1, 0.15) is 25.0 Å². The molecule has 17 heavy (non-hydrogen) atoms. The van der Waals surface area contributed by atoms with Crippen molar-refractivity contribution in [1.82, 2.24) is 0 Å². The molecule has 4 heteroatoms. The van der Waals surface area contributed by atoms with E-state index in [2.05, 4.69) is 5.32 Å². The zero-order valence-electron chi connectivity index (χ0n) is 10.5. The molecule has 0 heterocycles.